The second-order valence-electron chi connectivity index (χ2n) is 9.04. The van der Waals surface area contributed by atoms with Gasteiger partial charge in [-0.2, -0.15) is 0 Å². The Kier molecular flexibility index (Phi) is 4.92. The van der Waals surface area contributed by atoms with Gasteiger partial charge in [0.2, 0.25) is 0 Å². The van der Waals surface area contributed by atoms with Crippen LogP contribution < -0.4 is 0 Å². The largest absolute Gasteiger partial charge is 0.390 e. The lowest BCUT2D eigenvalue weighted by Crippen LogP contribution is -2.57. The predicted octanol–water partition coefficient (Wildman–Crippen LogP) is 4.91. The molecule has 0 aliphatic heterocycles. The fourth-order valence-corrected chi connectivity index (χ4v) is 5.84. The van der Waals surface area contributed by atoms with E-state index in [4.69, 9.17) is 0 Å². The molecule has 0 radical (unpaired) electrons. The van der Waals surface area contributed by atoms with Crippen molar-refractivity contribution >= 4 is 6.29 Å². The Morgan fingerprint density at radius 1 is 1.18 bits per heavy atom. The SMILES string of the molecule is C/C(=C/C=O)CC[C@H]1[C@]2(C)CCCC(C)(C)[C@H]2CC[C@@]1(C)O. The number of rotatable bonds is 4. The highest BCUT2D eigenvalue weighted by molar-refractivity contribution is 5.65. The summed E-state index contributed by atoms with van der Waals surface area (Å²) in [7, 11) is 0. The van der Waals surface area contributed by atoms with Gasteiger partial charge < -0.3 is 5.11 Å². The highest BCUT2D eigenvalue weighted by Gasteiger charge is 2.57. The van der Waals surface area contributed by atoms with E-state index >= 15 is 0 Å². The lowest BCUT2D eigenvalue weighted by molar-refractivity contribution is -0.168. The van der Waals surface area contributed by atoms with Crippen LogP contribution in [0.25, 0.3) is 0 Å². The number of aldehydes is 1. The first-order valence-corrected chi connectivity index (χ1v) is 8.97. The normalized spacial score (nSPS) is 41.8. The van der Waals surface area contributed by atoms with Crippen LogP contribution in [0.15, 0.2) is 11.6 Å². The van der Waals surface area contributed by atoms with Crippen molar-refractivity contribution in [3.05, 3.63) is 11.6 Å². The van der Waals surface area contributed by atoms with E-state index in [9.17, 15) is 9.90 Å². The highest BCUT2D eigenvalue weighted by Crippen LogP contribution is 2.62. The van der Waals surface area contributed by atoms with E-state index in [1.54, 1.807) is 6.08 Å². The van der Waals surface area contributed by atoms with E-state index in [0.29, 0.717) is 17.3 Å². The molecule has 4 atom stereocenters. The molecule has 22 heavy (non-hydrogen) atoms. The summed E-state index contributed by atoms with van der Waals surface area (Å²) in [6, 6.07) is 0. The maximum Gasteiger partial charge on any atom is 0.142 e. The highest BCUT2D eigenvalue weighted by atomic mass is 16.3. The molecule has 0 amide bonds. The molecule has 0 aromatic heterocycles. The molecule has 0 unspecified atom stereocenters. The zero-order valence-electron chi connectivity index (χ0n) is 15.1. The molecule has 0 bridgehead atoms. The number of carbonyl (C=O) groups is 1. The van der Waals surface area contributed by atoms with Crippen molar-refractivity contribution in [2.75, 3.05) is 0 Å². The van der Waals surface area contributed by atoms with Gasteiger partial charge in [0.1, 0.15) is 6.29 Å². The topological polar surface area (TPSA) is 37.3 Å². The summed E-state index contributed by atoms with van der Waals surface area (Å²) in [6.45, 7) is 11.3. The standard InChI is InChI=1S/C20H34O2/c1-15(10-14-21)7-8-17-19(4)12-6-11-18(2,3)16(19)9-13-20(17,5)22/h10,14,16-17,22H,6-9,11-13H2,1-5H3/b15-10-/t16-,17+,19-,20-/m1/s1. The van der Waals surface area contributed by atoms with Crippen LogP contribution in [0.4, 0.5) is 0 Å². The third-order valence-corrected chi connectivity index (χ3v) is 6.94. The molecule has 2 nitrogen and oxygen atoms in total. The number of hydrogen-bond donors (Lipinski definition) is 1. The summed E-state index contributed by atoms with van der Waals surface area (Å²) >= 11 is 0. The van der Waals surface area contributed by atoms with Crippen molar-refractivity contribution in [1.29, 1.82) is 0 Å². The van der Waals surface area contributed by atoms with Gasteiger partial charge in [-0.1, -0.05) is 32.8 Å². The van der Waals surface area contributed by atoms with Gasteiger partial charge in [0, 0.05) is 0 Å². The van der Waals surface area contributed by atoms with Crippen molar-refractivity contribution in [2.45, 2.75) is 85.2 Å². The Morgan fingerprint density at radius 2 is 1.86 bits per heavy atom. The minimum absolute atomic E-state index is 0.227. The summed E-state index contributed by atoms with van der Waals surface area (Å²) < 4.78 is 0. The maximum absolute atomic E-state index is 11.1. The predicted molar refractivity (Wildman–Crippen MR) is 91.6 cm³/mol. The lowest BCUT2D eigenvalue weighted by atomic mass is 9.45. The Morgan fingerprint density at radius 3 is 2.50 bits per heavy atom. The molecule has 0 aromatic carbocycles. The molecule has 0 saturated heterocycles. The van der Waals surface area contributed by atoms with Crippen LogP contribution in [-0.4, -0.2) is 17.0 Å². The summed E-state index contributed by atoms with van der Waals surface area (Å²) in [6.07, 6.45) is 10.3. The number of carbonyl (C=O) groups excluding carboxylic acids is 1. The zero-order valence-corrected chi connectivity index (χ0v) is 15.1. The van der Waals surface area contributed by atoms with E-state index in [1.165, 1.54) is 19.3 Å². The molecule has 0 heterocycles. The molecule has 2 saturated carbocycles. The van der Waals surface area contributed by atoms with Gasteiger partial charge in [-0.25, -0.2) is 0 Å². The summed E-state index contributed by atoms with van der Waals surface area (Å²) in [4.78, 5) is 10.6. The molecule has 2 heteroatoms. The van der Waals surface area contributed by atoms with E-state index in [1.807, 2.05) is 13.8 Å². The summed E-state index contributed by atoms with van der Waals surface area (Å²) in [5, 5.41) is 11.1. The van der Waals surface area contributed by atoms with Crippen LogP contribution in [0.1, 0.15) is 79.6 Å². The average Bonchev–Trinajstić information content (AvgIpc) is 2.36. The van der Waals surface area contributed by atoms with Crippen molar-refractivity contribution in [3.8, 4) is 0 Å². The van der Waals surface area contributed by atoms with Crippen molar-refractivity contribution < 1.29 is 9.90 Å². The molecule has 126 valence electrons. The van der Waals surface area contributed by atoms with Gasteiger partial charge in [0.25, 0.3) is 0 Å². The van der Waals surface area contributed by atoms with Crippen LogP contribution >= 0.6 is 0 Å². The van der Waals surface area contributed by atoms with Crippen LogP contribution in [-0.2, 0) is 4.79 Å². The maximum atomic E-state index is 11.1. The van der Waals surface area contributed by atoms with Crippen LogP contribution in [0.3, 0.4) is 0 Å². The second kappa shape index (κ2) is 6.11. The number of aliphatic hydroxyl groups is 1. The van der Waals surface area contributed by atoms with Gasteiger partial charge in [0.05, 0.1) is 5.60 Å². The van der Waals surface area contributed by atoms with Crippen LogP contribution in [0.2, 0.25) is 0 Å². The van der Waals surface area contributed by atoms with Gasteiger partial charge >= 0.3 is 0 Å². The van der Waals surface area contributed by atoms with Crippen molar-refractivity contribution in [2.24, 2.45) is 22.7 Å². The van der Waals surface area contributed by atoms with E-state index in [-0.39, 0.29) is 5.41 Å². The molecular weight excluding hydrogens is 272 g/mol. The Bertz CT molecular complexity index is 447. The second-order valence-corrected chi connectivity index (χ2v) is 9.04. The lowest BCUT2D eigenvalue weighted by Gasteiger charge is -2.61. The molecule has 2 rings (SSSR count). The third kappa shape index (κ3) is 3.18. The molecule has 0 aromatic rings. The van der Waals surface area contributed by atoms with Crippen LogP contribution in [0, 0.1) is 22.7 Å². The number of hydrogen-bond acceptors (Lipinski definition) is 2. The monoisotopic (exact) mass is 306 g/mol. The van der Waals surface area contributed by atoms with Crippen LogP contribution in [0.5, 0.6) is 0 Å². The third-order valence-electron chi connectivity index (χ3n) is 6.94. The van der Waals surface area contributed by atoms with Gasteiger partial charge in [0.15, 0.2) is 0 Å². The number of allylic oxidation sites excluding steroid dienone is 2. The average molecular weight is 306 g/mol. The summed E-state index contributed by atoms with van der Waals surface area (Å²) in [5.41, 5.74) is 1.17. The fraction of sp³-hybridized carbons (Fsp3) is 0.850. The van der Waals surface area contributed by atoms with E-state index in [2.05, 4.69) is 20.8 Å². The molecule has 0 spiro atoms. The minimum atomic E-state index is -0.569. The first-order chi connectivity index (χ1) is 10.1. The summed E-state index contributed by atoms with van der Waals surface area (Å²) in [5.74, 6) is 1.03. The van der Waals surface area contributed by atoms with Crippen molar-refractivity contribution in [3.63, 3.8) is 0 Å². The fourth-order valence-electron chi connectivity index (χ4n) is 5.84. The van der Waals surface area contributed by atoms with Crippen molar-refractivity contribution in [1.82, 2.24) is 0 Å². The van der Waals surface area contributed by atoms with E-state index < -0.39 is 5.60 Å². The molecule has 2 aliphatic carbocycles. The van der Waals surface area contributed by atoms with Gasteiger partial charge in [-0.05, 0) is 81.1 Å². The zero-order chi connectivity index (χ0) is 16.6. The quantitative estimate of drug-likeness (QED) is 0.592. The minimum Gasteiger partial charge on any atom is -0.390 e. The van der Waals surface area contributed by atoms with E-state index in [0.717, 1.165) is 37.5 Å². The van der Waals surface area contributed by atoms with Gasteiger partial charge in [-0.15, -0.1) is 0 Å². The first kappa shape index (κ1) is 17.7. The Balaban J connectivity index is 2.26. The Labute approximate surface area is 136 Å². The van der Waals surface area contributed by atoms with Gasteiger partial charge in [-0.3, -0.25) is 4.79 Å². The first-order valence-electron chi connectivity index (χ1n) is 8.97. The molecule has 2 fully saturated rings. The molecular formula is C20H34O2. The smallest absolute Gasteiger partial charge is 0.142 e. The molecule has 2 aliphatic rings. The molecule has 1 N–H and O–H groups in total. The Hall–Kier alpha value is -0.630. The number of fused-ring (bicyclic) bond motifs is 1.